The third kappa shape index (κ3) is 2.86. The molecule has 4 heterocycles. The molecule has 0 spiro atoms. The van der Waals surface area contributed by atoms with Gasteiger partial charge < -0.3 is 4.90 Å². The molecule has 0 aliphatic carbocycles. The van der Waals surface area contributed by atoms with E-state index in [0.717, 1.165) is 41.4 Å². The second-order valence-electron chi connectivity index (χ2n) is 7.29. The van der Waals surface area contributed by atoms with E-state index >= 15 is 0 Å². The molecule has 6 heteroatoms. The molecule has 130 valence electrons. The number of H-pyrrole nitrogens is 1. The standard InChI is InChI=1S/C19H24N6/c1-4-19(3)7-10-25(11-8-19)15-12-21-17-16(23-24-18(17)22-15)14-6-5-9-20-13(14)2/h5-6,9,12H,4,7-8,10-11H2,1-3H3,(H,22,23,24). The van der Waals surface area contributed by atoms with Crippen LogP contribution < -0.4 is 4.90 Å². The number of aromatic amines is 1. The van der Waals surface area contributed by atoms with Crippen LogP contribution in [-0.2, 0) is 0 Å². The van der Waals surface area contributed by atoms with Crippen LogP contribution in [0, 0.1) is 12.3 Å². The van der Waals surface area contributed by atoms with E-state index in [1.165, 1.54) is 19.3 Å². The summed E-state index contributed by atoms with van der Waals surface area (Å²) in [5.41, 5.74) is 4.79. The first-order valence-electron chi connectivity index (χ1n) is 8.98. The zero-order chi connectivity index (χ0) is 17.4. The number of rotatable bonds is 3. The minimum atomic E-state index is 0.464. The summed E-state index contributed by atoms with van der Waals surface area (Å²) in [6, 6.07) is 3.95. The number of anilines is 1. The lowest BCUT2D eigenvalue weighted by Gasteiger charge is -2.39. The molecule has 25 heavy (non-hydrogen) atoms. The maximum atomic E-state index is 4.75. The van der Waals surface area contributed by atoms with Gasteiger partial charge >= 0.3 is 0 Å². The Kier molecular flexibility index (Phi) is 3.90. The van der Waals surface area contributed by atoms with Crippen molar-refractivity contribution in [3.05, 3.63) is 30.2 Å². The number of hydrogen-bond acceptors (Lipinski definition) is 5. The fourth-order valence-corrected chi connectivity index (χ4v) is 3.50. The molecule has 4 rings (SSSR count). The molecule has 1 N–H and O–H groups in total. The number of piperidine rings is 1. The van der Waals surface area contributed by atoms with E-state index in [9.17, 15) is 0 Å². The van der Waals surface area contributed by atoms with Crippen molar-refractivity contribution in [2.45, 2.75) is 40.0 Å². The molecule has 6 nitrogen and oxygen atoms in total. The van der Waals surface area contributed by atoms with E-state index < -0.39 is 0 Å². The average Bonchev–Trinajstić information content (AvgIpc) is 3.06. The predicted molar refractivity (Wildman–Crippen MR) is 99.5 cm³/mol. The van der Waals surface area contributed by atoms with E-state index in [4.69, 9.17) is 4.98 Å². The van der Waals surface area contributed by atoms with Gasteiger partial charge in [0.2, 0.25) is 5.65 Å². The first-order valence-corrected chi connectivity index (χ1v) is 8.98. The van der Waals surface area contributed by atoms with Gasteiger partial charge in [-0.25, -0.2) is 9.97 Å². The van der Waals surface area contributed by atoms with Crippen molar-refractivity contribution in [1.82, 2.24) is 25.1 Å². The number of fused-ring (bicyclic) bond motifs is 1. The third-order valence-electron chi connectivity index (χ3n) is 5.68. The zero-order valence-electron chi connectivity index (χ0n) is 15.1. The molecule has 1 aliphatic rings. The van der Waals surface area contributed by atoms with E-state index in [1.54, 1.807) is 6.20 Å². The van der Waals surface area contributed by atoms with Gasteiger partial charge in [-0.2, -0.15) is 5.10 Å². The highest BCUT2D eigenvalue weighted by Crippen LogP contribution is 2.35. The Hall–Kier alpha value is -2.50. The van der Waals surface area contributed by atoms with Gasteiger partial charge in [-0.1, -0.05) is 20.3 Å². The summed E-state index contributed by atoms with van der Waals surface area (Å²) in [5, 5.41) is 7.47. The predicted octanol–water partition coefficient (Wildman–Crippen LogP) is 3.74. The van der Waals surface area contributed by atoms with E-state index in [0.29, 0.717) is 11.1 Å². The largest absolute Gasteiger partial charge is 0.355 e. The Morgan fingerprint density at radius 3 is 2.76 bits per heavy atom. The number of hydrogen-bond donors (Lipinski definition) is 1. The van der Waals surface area contributed by atoms with Crippen molar-refractivity contribution in [2.24, 2.45) is 5.41 Å². The molecular weight excluding hydrogens is 312 g/mol. The van der Waals surface area contributed by atoms with Gasteiger partial charge in [0.05, 0.1) is 11.9 Å². The Bertz CT molecular complexity index is 892. The van der Waals surface area contributed by atoms with Gasteiger partial charge in [0.25, 0.3) is 0 Å². The number of nitrogens with zero attached hydrogens (tertiary/aromatic N) is 5. The van der Waals surface area contributed by atoms with E-state index in [1.807, 2.05) is 25.3 Å². The third-order valence-corrected chi connectivity index (χ3v) is 5.68. The van der Waals surface area contributed by atoms with Crippen LogP contribution in [0.25, 0.3) is 22.4 Å². The Morgan fingerprint density at radius 1 is 1.24 bits per heavy atom. The minimum Gasteiger partial charge on any atom is -0.355 e. The fourth-order valence-electron chi connectivity index (χ4n) is 3.50. The van der Waals surface area contributed by atoms with Crippen LogP contribution in [-0.4, -0.2) is 38.2 Å². The fraction of sp³-hybridized carbons (Fsp3) is 0.474. The lowest BCUT2D eigenvalue weighted by Crippen LogP contribution is -2.38. The van der Waals surface area contributed by atoms with Crippen LogP contribution in [0.15, 0.2) is 24.5 Å². The summed E-state index contributed by atoms with van der Waals surface area (Å²) in [6.07, 6.45) is 7.30. The Morgan fingerprint density at radius 2 is 2.04 bits per heavy atom. The Labute approximate surface area is 147 Å². The molecule has 3 aromatic rings. The first-order chi connectivity index (χ1) is 12.1. The van der Waals surface area contributed by atoms with E-state index in [2.05, 4.69) is 38.9 Å². The topological polar surface area (TPSA) is 70.6 Å². The minimum absolute atomic E-state index is 0.464. The molecule has 3 aromatic heterocycles. The highest BCUT2D eigenvalue weighted by molar-refractivity contribution is 5.88. The summed E-state index contributed by atoms with van der Waals surface area (Å²) < 4.78 is 0. The summed E-state index contributed by atoms with van der Waals surface area (Å²) in [4.78, 5) is 16.1. The maximum Gasteiger partial charge on any atom is 0.202 e. The molecule has 1 fully saturated rings. The molecule has 1 aliphatic heterocycles. The van der Waals surface area contributed by atoms with Gasteiger partial charge in [-0.05, 0) is 37.3 Å². The zero-order valence-corrected chi connectivity index (χ0v) is 15.1. The molecule has 0 bridgehead atoms. The number of aromatic nitrogens is 5. The molecule has 0 saturated carbocycles. The molecular formula is C19H24N6. The monoisotopic (exact) mass is 336 g/mol. The molecule has 0 amide bonds. The number of pyridine rings is 1. The SMILES string of the molecule is CCC1(C)CCN(c2cnc3c(-c4cccnc4C)[nH]nc3n2)CC1. The Balaban J connectivity index is 1.64. The van der Waals surface area contributed by atoms with E-state index in [-0.39, 0.29) is 0 Å². The van der Waals surface area contributed by atoms with Crippen LogP contribution in [0.4, 0.5) is 5.82 Å². The van der Waals surface area contributed by atoms with Crippen molar-refractivity contribution in [3.63, 3.8) is 0 Å². The van der Waals surface area contributed by atoms with Gasteiger partial charge in [-0.3, -0.25) is 10.1 Å². The molecule has 0 atom stereocenters. The van der Waals surface area contributed by atoms with Crippen LogP contribution in [0.5, 0.6) is 0 Å². The molecule has 0 aromatic carbocycles. The van der Waals surface area contributed by atoms with Crippen LogP contribution in [0.3, 0.4) is 0 Å². The second kappa shape index (κ2) is 6.10. The number of nitrogens with one attached hydrogen (secondary N) is 1. The van der Waals surface area contributed by atoms with Crippen molar-refractivity contribution in [2.75, 3.05) is 18.0 Å². The molecule has 1 saturated heterocycles. The summed E-state index contributed by atoms with van der Waals surface area (Å²) in [7, 11) is 0. The summed E-state index contributed by atoms with van der Waals surface area (Å²) in [6.45, 7) is 8.72. The highest BCUT2D eigenvalue weighted by Gasteiger charge is 2.29. The lowest BCUT2D eigenvalue weighted by molar-refractivity contribution is 0.238. The van der Waals surface area contributed by atoms with Crippen molar-refractivity contribution in [1.29, 1.82) is 0 Å². The van der Waals surface area contributed by atoms with Gasteiger partial charge in [0.15, 0.2) is 0 Å². The average molecular weight is 336 g/mol. The van der Waals surface area contributed by atoms with Crippen molar-refractivity contribution < 1.29 is 0 Å². The summed E-state index contributed by atoms with van der Waals surface area (Å²) >= 11 is 0. The van der Waals surface area contributed by atoms with Crippen LogP contribution in [0.2, 0.25) is 0 Å². The molecule has 0 radical (unpaired) electrons. The lowest BCUT2D eigenvalue weighted by atomic mass is 9.78. The van der Waals surface area contributed by atoms with Crippen LogP contribution in [0.1, 0.15) is 38.8 Å². The highest BCUT2D eigenvalue weighted by atomic mass is 15.2. The quantitative estimate of drug-likeness (QED) is 0.789. The summed E-state index contributed by atoms with van der Waals surface area (Å²) in [5.74, 6) is 0.923. The second-order valence-corrected chi connectivity index (χ2v) is 7.29. The van der Waals surface area contributed by atoms with Crippen molar-refractivity contribution >= 4 is 17.0 Å². The van der Waals surface area contributed by atoms with Gasteiger partial charge in [0, 0.05) is 30.5 Å². The van der Waals surface area contributed by atoms with Crippen LogP contribution >= 0.6 is 0 Å². The molecule has 0 unspecified atom stereocenters. The number of aryl methyl sites for hydroxylation is 1. The van der Waals surface area contributed by atoms with Gasteiger partial charge in [-0.15, -0.1) is 0 Å². The van der Waals surface area contributed by atoms with Gasteiger partial charge in [0.1, 0.15) is 11.3 Å². The van der Waals surface area contributed by atoms with Crippen molar-refractivity contribution in [3.8, 4) is 11.3 Å². The maximum absolute atomic E-state index is 4.75. The smallest absolute Gasteiger partial charge is 0.202 e. The normalized spacial score (nSPS) is 17.2. The first kappa shape index (κ1) is 16.0.